The predicted octanol–water partition coefficient (Wildman–Crippen LogP) is 21.7. The van der Waals surface area contributed by atoms with E-state index in [2.05, 4.69) is 294 Å². The first-order valence-electron chi connectivity index (χ1n) is 30.0. The van der Waals surface area contributed by atoms with E-state index >= 15 is 0 Å². The average Bonchev–Trinajstić information content (AvgIpc) is 0.762. The van der Waals surface area contributed by atoms with Crippen LogP contribution in [0.1, 0.15) is 66.8 Å². The van der Waals surface area contributed by atoms with Gasteiger partial charge in [0.2, 0.25) is 0 Å². The van der Waals surface area contributed by atoms with E-state index in [1.54, 1.807) is 28.4 Å². The van der Waals surface area contributed by atoms with Crippen LogP contribution in [0, 0.1) is 41.5 Å². The van der Waals surface area contributed by atoms with Crippen molar-refractivity contribution >= 4 is 101 Å². The van der Waals surface area contributed by atoms with E-state index in [1.165, 1.54) is 33.4 Å². The second-order valence-electron chi connectivity index (χ2n) is 23.2. The van der Waals surface area contributed by atoms with Gasteiger partial charge in [0, 0.05) is 78.0 Å². The molecule has 0 saturated heterocycles. The molecule has 13 aromatic rings. The molecule has 432 valence electrons. The molecule has 0 bridgehead atoms. The topological polar surface area (TPSA) is 43.4 Å². The number of ether oxygens (including phenoxy) is 4. The van der Waals surface area contributed by atoms with Gasteiger partial charge >= 0.3 is 0 Å². The molecule has 0 unspecified atom stereocenters. The molecule has 0 heterocycles. The molecular weight excluding hydrogens is 1080 g/mol. The number of methoxy groups -OCH3 is 4. The molecular formula is C82H70N2O4. The fourth-order valence-corrected chi connectivity index (χ4v) is 12.5. The van der Waals surface area contributed by atoms with Crippen molar-refractivity contribution in [2.75, 3.05) is 38.2 Å². The van der Waals surface area contributed by atoms with Crippen molar-refractivity contribution in [3.63, 3.8) is 0 Å². The number of nitrogens with zero attached hydrogens (tertiary/aromatic N) is 2. The van der Waals surface area contributed by atoms with Crippen LogP contribution in [0.5, 0.6) is 23.0 Å². The molecule has 6 nitrogen and oxygen atoms in total. The zero-order chi connectivity index (χ0) is 60.7. The van der Waals surface area contributed by atoms with Crippen molar-refractivity contribution in [1.29, 1.82) is 0 Å². The third-order valence-corrected chi connectivity index (χ3v) is 17.2. The Kier molecular flexibility index (Phi) is 15.2. The highest BCUT2D eigenvalue weighted by molar-refractivity contribution is 6.40. The number of aryl methyl sites for hydroxylation is 6. The van der Waals surface area contributed by atoms with E-state index in [4.69, 9.17) is 18.9 Å². The number of benzene rings is 13. The molecule has 13 aromatic carbocycles. The SMILES string of the molecule is COc1ccc2c(N(c3ccc(C)cc3)c3ccc(C=C(c4ccc(C)cc4)c4ccc(C)cc4)cc3)cc(OC)c3c4c(OC)ccc5c(N(c6ccc(C)cc6)c6ccc(C=C(c7ccc(C)cc7)c7ccc(C)cc7)cc6)cc(OC)c(c1c23)c54. The highest BCUT2D eigenvalue weighted by atomic mass is 16.5. The van der Waals surface area contributed by atoms with Crippen LogP contribution in [0.2, 0.25) is 0 Å². The molecule has 0 spiro atoms. The average molecular weight is 1150 g/mol. The largest absolute Gasteiger partial charge is 0.496 e. The van der Waals surface area contributed by atoms with Gasteiger partial charge in [-0.1, -0.05) is 179 Å². The summed E-state index contributed by atoms with van der Waals surface area (Å²) >= 11 is 0. The fraction of sp³-hybridized carbons (Fsp3) is 0.122. The van der Waals surface area contributed by atoms with Crippen molar-refractivity contribution in [3.05, 3.63) is 297 Å². The molecule has 0 saturated carbocycles. The van der Waals surface area contributed by atoms with Crippen LogP contribution < -0.4 is 28.7 Å². The number of hydrogen-bond donors (Lipinski definition) is 0. The van der Waals surface area contributed by atoms with Crippen molar-refractivity contribution in [2.45, 2.75) is 41.5 Å². The van der Waals surface area contributed by atoms with Gasteiger partial charge in [-0.15, -0.1) is 0 Å². The van der Waals surface area contributed by atoms with Gasteiger partial charge in [0.25, 0.3) is 0 Å². The van der Waals surface area contributed by atoms with Crippen LogP contribution in [-0.2, 0) is 0 Å². The van der Waals surface area contributed by atoms with Crippen LogP contribution >= 0.6 is 0 Å². The monoisotopic (exact) mass is 1150 g/mol. The normalized spacial score (nSPS) is 11.3. The minimum Gasteiger partial charge on any atom is -0.496 e. The quantitative estimate of drug-likeness (QED) is 0.0546. The fourth-order valence-electron chi connectivity index (χ4n) is 12.5. The first-order chi connectivity index (χ1) is 42.9. The molecule has 0 amide bonds. The van der Waals surface area contributed by atoms with E-state index in [9.17, 15) is 0 Å². The second kappa shape index (κ2) is 23.7. The minimum absolute atomic E-state index is 0.685. The summed E-state index contributed by atoms with van der Waals surface area (Å²) in [7, 11) is 7.02. The molecule has 0 atom stereocenters. The summed E-state index contributed by atoms with van der Waals surface area (Å²) in [6.45, 7) is 12.8. The molecule has 0 N–H and O–H groups in total. The Balaban J connectivity index is 1.02. The van der Waals surface area contributed by atoms with Crippen LogP contribution in [0.4, 0.5) is 34.1 Å². The molecule has 13 rings (SSSR count). The predicted molar refractivity (Wildman–Crippen MR) is 371 cm³/mol. The summed E-state index contributed by atoms with van der Waals surface area (Å²) in [4.78, 5) is 4.68. The van der Waals surface area contributed by atoms with Crippen LogP contribution in [0.25, 0.3) is 66.4 Å². The van der Waals surface area contributed by atoms with Gasteiger partial charge < -0.3 is 28.7 Å². The Morgan fingerprint density at radius 1 is 0.261 bits per heavy atom. The van der Waals surface area contributed by atoms with Gasteiger partial charge in [-0.05, 0) is 171 Å². The second-order valence-corrected chi connectivity index (χ2v) is 23.2. The molecule has 0 aliphatic rings. The van der Waals surface area contributed by atoms with Crippen molar-refractivity contribution in [1.82, 2.24) is 0 Å². The Morgan fingerprint density at radius 3 is 0.761 bits per heavy atom. The first kappa shape index (κ1) is 56.6. The van der Waals surface area contributed by atoms with Crippen LogP contribution in [-0.4, -0.2) is 28.4 Å². The van der Waals surface area contributed by atoms with E-state index in [0.29, 0.717) is 23.0 Å². The maximum absolute atomic E-state index is 6.71. The molecule has 6 heteroatoms. The molecule has 0 aliphatic carbocycles. The van der Waals surface area contributed by atoms with Gasteiger partial charge in [0.05, 0.1) is 39.8 Å². The lowest BCUT2D eigenvalue weighted by molar-refractivity contribution is 0.415. The maximum atomic E-state index is 6.71. The lowest BCUT2D eigenvalue weighted by Gasteiger charge is -2.31. The zero-order valence-corrected chi connectivity index (χ0v) is 51.6. The standard InChI is InChI=1S/C82H70N2O4/c1-51-11-27-59(28-12-51)69(60-29-13-52(2)14-30-60)47-57-23-39-65(40-24-57)83(63-35-19-55(5)20-36-63)71-49-75(87-9)81-77-67(71)43-45-73(85-7)79(77)82-76(88-10)50-72(68-44-46-74(86-8)80(81)78(68)82)84(64-37-21-56(6)22-38-64)66-41-25-58(26-42-66)48-70(61-31-15-53(3)16-32-61)62-33-17-54(4)18-34-62/h11-50H,1-10H3. The summed E-state index contributed by atoms with van der Waals surface area (Å²) in [5.41, 5.74) is 22.2. The van der Waals surface area contributed by atoms with Gasteiger partial charge in [-0.2, -0.15) is 0 Å². The number of rotatable bonds is 16. The first-order valence-corrected chi connectivity index (χ1v) is 30.0. The zero-order valence-electron chi connectivity index (χ0n) is 51.6. The van der Waals surface area contributed by atoms with Gasteiger partial charge in [-0.25, -0.2) is 0 Å². The Labute approximate surface area is 516 Å². The van der Waals surface area contributed by atoms with E-state index in [0.717, 1.165) is 122 Å². The molecule has 0 aromatic heterocycles. The summed E-state index contributed by atoms with van der Waals surface area (Å²) in [6.07, 6.45) is 4.59. The van der Waals surface area contributed by atoms with Crippen LogP contribution in [0.3, 0.4) is 0 Å². The molecule has 88 heavy (non-hydrogen) atoms. The summed E-state index contributed by atoms with van der Waals surface area (Å²) in [5.74, 6) is 2.79. The Morgan fingerprint density at radius 2 is 0.500 bits per heavy atom. The maximum Gasteiger partial charge on any atom is 0.129 e. The Hall–Kier alpha value is -10.6. The lowest BCUT2D eigenvalue weighted by Crippen LogP contribution is -2.12. The van der Waals surface area contributed by atoms with Gasteiger partial charge in [-0.3, -0.25) is 0 Å². The highest BCUT2D eigenvalue weighted by Gasteiger charge is 2.30. The summed E-state index contributed by atoms with van der Waals surface area (Å²) < 4.78 is 26.4. The third-order valence-electron chi connectivity index (χ3n) is 17.2. The molecule has 0 fully saturated rings. The molecule has 0 aliphatic heterocycles. The van der Waals surface area contributed by atoms with Crippen LogP contribution in [0.15, 0.2) is 231 Å². The van der Waals surface area contributed by atoms with Crippen molar-refractivity contribution in [3.8, 4) is 23.0 Å². The third kappa shape index (κ3) is 10.5. The van der Waals surface area contributed by atoms with E-state index in [1.807, 2.05) is 0 Å². The van der Waals surface area contributed by atoms with Crippen molar-refractivity contribution in [2.24, 2.45) is 0 Å². The van der Waals surface area contributed by atoms with E-state index in [-0.39, 0.29) is 0 Å². The number of fused-ring (bicyclic) bond motifs is 2. The minimum atomic E-state index is 0.685. The lowest BCUT2D eigenvalue weighted by atomic mass is 9.86. The summed E-state index contributed by atoms with van der Waals surface area (Å²) in [6, 6.07) is 83.3. The molecule has 0 radical (unpaired) electrons. The summed E-state index contributed by atoms with van der Waals surface area (Å²) in [5, 5.41) is 7.55. The number of anilines is 6. The highest BCUT2D eigenvalue weighted by Crippen LogP contribution is 2.57. The van der Waals surface area contributed by atoms with E-state index < -0.39 is 0 Å². The number of hydrogen-bond acceptors (Lipinski definition) is 6. The smallest absolute Gasteiger partial charge is 0.129 e. The van der Waals surface area contributed by atoms with Gasteiger partial charge in [0.15, 0.2) is 0 Å². The van der Waals surface area contributed by atoms with Crippen molar-refractivity contribution < 1.29 is 18.9 Å². The van der Waals surface area contributed by atoms with Gasteiger partial charge in [0.1, 0.15) is 23.0 Å². The Bertz CT molecular complexity index is 4340.